The van der Waals surface area contributed by atoms with E-state index in [4.69, 9.17) is 11.6 Å². The zero-order valence-corrected chi connectivity index (χ0v) is 11.5. The first-order chi connectivity index (χ1) is 7.74. The van der Waals surface area contributed by atoms with Gasteiger partial charge in [-0.3, -0.25) is 4.57 Å². The van der Waals surface area contributed by atoms with Crippen LogP contribution < -0.4 is 0 Å². The molecule has 2 aromatic heterocycles. The van der Waals surface area contributed by atoms with Gasteiger partial charge in [-0.1, -0.05) is 0 Å². The van der Waals surface area contributed by atoms with Crippen molar-refractivity contribution < 1.29 is 0 Å². The molecule has 3 rings (SSSR count). The lowest BCUT2D eigenvalue weighted by Crippen LogP contribution is -2.03. The minimum Gasteiger partial charge on any atom is -0.296 e. The van der Waals surface area contributed by atoms with Crippen LogP contribution in [-0.2, 0) is 6.54 Å². The van der Waals surface area contributed by atoms with Crippen LogP contribution >= 0.6 is 38.9 Å². The molecule has 1 aliphatic carbocycles. The van der Waals surface area contributed by atoms with Crippen molar-refractivity contribution in [3.63, 3.8) is 0 Å². The minimum atomic E-state index is 0.492. The van der Waals surface area contributed by atoms with Gasteiger partial charge in [-0.15, -0.1) is 21.5 Å². The highest BCUT2D eigenvalue weighted by Crippen LogP contribution is 2.40. The highest BCUT2D eigenvalue weighted by atomic mass is 79.9. The molecule has 1 aliphatic rings. The smallest absolute Gasteiger partial charge is 0.225 e. The molecule has 16 heavy (non-hydrogen) atoms. The maximum absolute atomic E-state index is 6.06. The van der Waals surface area contributed by atoms with Gasteiger partial charge in [0.1, 0.15) is 5.82 Å². The van der Waals surface area contributed by atoms with E-state index in [0.29, 0.717) is 11.2 Å². The topological polar surface area (TPSA) is 30.7 Å². The summed E-state index contributed by atoms with van der Waals surface area (Å²) in [6, 6.07) is 2.11. The van der Waals surface area contributed by atoms with Crippen molar-refractivity contribution in [2.45, 2.75) is 25.3 Å². The molecule has 0 radical (unpaired) electrons. The molecule has 0 aromatic carbocycles. The number of nitrogens with zero attached hydrogens (tertiary/aromatic N) is 3. The SMILES string of the molecule is Clc1nnc(C2CC2)n1Cc1cc(Br)cs1. The summed E-state index contributed by atoms with van der Waals surface area (Å²) in [5.74, 6) is 1.61. The molecule has 0 amide bonds. The van der Waals surface area contributed by atoms with Gasteiger partial charge in [0.05, 0.1) is 6.54 Å². The molecule has 1 saturated carbocycles. The van der Waals surface area contributed by atoms with E-state index in [-0.39, 0.29) is 0 Å². The third-order valence-electron chi connectivity index (χ3n) is 2.61. The van der Waals surface area contributed by atoms with Gasteiger partial charge < -0.3 is 0 Å². The van der Waals surface area contributed by atoms with Gasteiger partial charge in [-0.25, -0.2) is 0 Å². The Kier molecular flexibility index (Phi) is 2.77. The van der Waals surface area contributed by atoms with E-state index < -0.39 is 0 Å². The van der Waals surface area contributed by atoms with Crippen molar-refractivity contribution in [2.75, 3.05) is 0 Å². The first-order valence-corrected chi connectivity index (χ1v) is 7.10. The number of thiophene rings is 1. The second-order valence-corrected chi connectivity index (χ2v) is 6.17. The second kappa shape index (κ2) is 4.13. The zero-order valence-electron chi connectivity index (χ0n) is 8.36. The fraction of sp³-hybridized carbons (Fsp3) is 0.400. The van der Waals surface area contributed by atoms with Crippen molar-refractivity contribution >= 4 is 38.9 Å². The summed E-state index contributed by atoms with van der Waals surface area (Å²) < 4.78 is 3.13. The summed E-state index contributed by atoms with van der Waals surface area (Å²) in [6.07, 6.45) is 2.42. The first-order valence-electron chi connectivity index (χ1n) is 5.05. The summed E-state index contributed by atoms with van der Waals surface area (Å²) >= 11 is 11.2. The maximum atomic E-state index is 6.06. The third-order valence-corrected chi connectivity index (χ3v) is 4.57. The van der Waals surface area contributed by atoms with Crippen LogP contribution in [-0.4, -0.2) is 14.8 Å². The van der Waals surface area contributed by atoms with Crippen LogP contribution in [0, 0.1) is 0 Å². The summed E-state index contributed by atoms with van der Waals surface area (Å²) in [5, 5.41) is 10.7. The van der Waals surface area contributed by atoms with E-state index in [1.54, 1.807) is 11.3 Å². The Morgan fingerprint density at radius 2 is 2.31 bits per heavy atom. The molecule has 0 N–H and O–H groups in total. The average Bonchev–Trinajstić information content (AvgIpc) is 2.93. The Morgan fingerprint density at radius 3 is 2.94 bits per heavy atom. The molecule has 0 unspecified atom stereocenters. The van der Waals surface area contributed by atoms with E-state index >= 15 is 0 Å². The predicted molar refractivity (Wildman–Crippen MR) is 68.1 cm³/mol. The Morgan fingerprint density at radius 1 is 1.50 bits per heavy atom. The highest BCUT2D eigenvalue weighted by molar-refractivity contribution is 9.10. The molecule has 3 nitrogen and oxygen atoms in total. The standard InChI is InChI=1S/C10H9BrClN3S/c11-7-3-8(16-5-7)4-15-9(6-1-2-6)13-14-10(15)12/h3,5-6H,1-2,4H2. The largest absolute Gasteiger partial charge is 0.296 e. The van der Waals surface area contributed by atoms with Crippen LogP contribution in [0.3, 0.4) is 0 Å². The molecule has 2 heterocycles. The predicted octanol–water partition coefficient (Wildman–Crippen LogP) is 3.68. The number of halogens is 2. The number of hydrogen-bond donors (Lipinski definition) is 0. The highest BCUT2D eigenvalue weighted by Gasteiger charge is 2.30. The van der Waals surface area contributed by atoms with Crippen LogP contribution in [0.25, 0.3) is 0 Å². The number of rotatable bonds is 3. The molecular weight excluding hydrogens is 310 g/mol. The van der Waals surface area contributed by atoms with Gasteiger partial charge in [0.15, 0.2) is 0 Å². The van der Waals surface area contributed by atoms with E-state index in [9.17, 15) is 0 Å². The van der Waals surface area contributed by atoms with Crippen molar-refractivity contribution in [2.24, 2.45) is 0 Å². The summed E-state index contributed by atoms with van der Waals surface area (Å²) in [4.78, 5) is 1.26. The summed E-state index contributed by atoms with van der Waals surface area (Å²) in [6.45, 7) is 0.772. The minimum absolute atomic E-state index is 0.492. The Labute approximate surface area is 111 Å². The first kappa shape index (κ1) is 10.7. The quantitative estimate of drug-likeness (QED) is 0.864. The maximum Gasteiger partial charge on any atom is 0.225 e. The molecule has 0 bridgehead atoms. The van der Waals surface area contributed by atoms with Gasteiger partial charge in [0.2, 0.25) is 5.28 Å². The van der Waals surface area contributed by atoms with Crippen molar-refractivity contribution in [3.8, 4) is 0 Å². The Hall–Kier alpha value is -0.390. The van der Waals surface area contributed by atoms with Gasteiger partial charge in [-0.2, -0.15) is 0 Å². The Bertz CT molecular complexity index is 518. The van der Waals surface area contributed by atoms with E-state index in [1.807, 2.05) is 4.57 Å². The van der Waals surface area contributed by atoms with E-state index in [1.165, 1.54) is 17.7 Å². The number of hydrogen-bond acceptors (Lipinski definition) is 3. The average molecular weight is 319 g/mol. The van der Waals surface area contributed by atoms with Gasteiger partial charge in [-0.05, 0) is 46.4 Å². The van der Waals surface area contributed by atoms with Crippen LogP contribution in [0.4, 0.5) is 0 Å². The molecule has 0 spiro atoms. The monoisotopic (exact) mass is 317 g/mol. The lowest BCUT2D eigenvalue weighted by atomic mass is 10.4. The molecular formula is C10H9BrClN3S. The molecule has 1 fully saturated rings. The number of aromatic nitrogens is 3. The molecule has 0 atom stereocenters. The normalized spacial score (nSPS) is 15.6. The summed E-state index contributed by atoms with van der Waals surface area (Å²) in [7, 11) is 0. The van der Waals surface area contributed by atoms with Crippen LogP contribution in [0.15, 0.2) is 15.9 Å². The van der Waals surface area contributed by atoms with Gasteiger partial charge >= 0.3 is 0 Å². The van der Waals surface area contributed by atoms with Crippen molar-refractivity contribution in [1.82, 2.24) is 14.8 Å². The Balaban J connectivity index is 1.90. The van der Waals surface area contributed by atoms with Crippen LogP contribution in [0.2, 0.25) is 5.28 Å². The third kappa shape index (κ3) is 2.04. The van der Waals surface area contributed by atoms with Crippen LogP contribution in [0.1, 0.15) is 29.5 Å². The molecule has 6 heteroatoms. The molecule has 84 valence electrons. The molecule has 0 saturated heterocycles. The lowest BCUT2D eigenvalue weighted by molar-refractivity contribution is 0.735. The van der Waals surface area contributed by atoms with Crippen molar-refractivity contribution in [3.05, 3.63) is 31.9 Å². The zero-order chi connectivity index (χ0) is 11.1. The molecule has 0 aliphatic heterocycles. The fourth-order valence-electron chi connectivity index (χ4n) is 1.68. The fourth-order valence-corrected chi connectivity index (χ4v) is 3.30. The van der Waals surface area contributed by atoms with Crippen molar-refractivity contribution in [1.29, 1.82) is 0 Å². The second-order valence-electron chi connectivity index (χ2n) is 3.92. The van der Waals surface area contributed by atoms with E-state index in [0.717, 1.165) is 16.8 Å². The molecule has 2 aromatic rings. The van der Waals surface area contributed by atoms with Gasteiger partial charge in [0, 0.05) is 20.6 Å². The summed E-state index contributed by atoms with van der Waals surface area (Å²) in [5.41, 5.74) is 0. The lowest BCUT2D eigenvalue weighted by Gasteiger charge is -2.04. The van der Waals surface area contributed by atoms with Gasteiger partial charge in [0.25, 0.3) is 0 Å². The van der Waals surface area contributed by atoms with E-state index in [2.05, 4.69) is 37.6 Å². The van der Waals surface area contributed by atoms with Crippen LogP contribution in [0.5, 0.6) is 0 Å².